The number of fused-ring (bicyclic) bond motifs is 4. The Morgan fingerprint density at radius 2 is 1.87 bits per heavy atom. The number of unbranched alkanes of at least 4 members (excludes halogenated alkanes) is 4. The van der Waals surface area contributed by atoms with Gasteiger partial charge in [0.15, 0.2) is 0 Å². The second kappa shape index (κ2) is 10.3. The molecular weight excluding hydrogens is 377 g/mol. The molecule has 3 atom stereocenters. The van der Waals surface area contributed by atoms with Gasteiger partial charge in [-0.25, -0.2) is 4.39 Å². The van der Waals surface area contributed by atoms with Crippen molar-refractivity contribution in [1.29, 1.82) is 0 Å². The molecule has 0 radical (unpaired) electrons. The van der Waals surface area contributed by atoms with Crippen molar-refractivity contribution in [1.82, 2.24) is 0 Å². The second-order valence-electron chi connectivity index (χ2n) is 10.2. The molecule has 2 N–H and O–H groups in total. The van der Waals surface area contributed by atoms with Crippen LogP contribution in [0.4, 0.5) is 4.39 Å². The van der Waals surface area contributed by atoms with Crippen LogP contribution in [0.5, 0.6) is 5.75 Å². The van der Waals surface area contributed by atoms with Crippen LogP contribution in [0.3, 0.4) is 0 Å². The normalized spacial score (nSPS) is 24.0. The fraction of sp³-hybridized carbons (Fsp3) is 0.731. The fourth-order valence-electron chi connectivity index (χ4n) is 5.28. The summed E-state index contributed by atoms with van der Waals surface area (Å²) in [6.45, 7) is 6.06. The van der Waals surface area contributed by atoms with Crippen molar-refractivity contribution in [3.8, 4) is 5.75 Å². The van der Waals surface area contributed by atoms with E-state index in [1.54, 1.807) is 0 Å². The Morgan fingerprint density at radius 1 is 1.13 bits per heavy atom. The highest BCUT2D eigenvalue weighted by molar-refractivity contribution is 5.78. The molecule has 30 heavy (non-hydrogen) atoms. The van der Waals surface area contributed by atoms with E-state index in [9.17, 15) is 4.79 Å². The van der Waals surface area contributed by atoms with E-state index in [4.69, 9.17) is 10.5 Å². The number of carbonyl (C=O) groups is 1. The van der Waals surface area contributed by atoms with Crippen LogP contribution in [0.1, 0.15) is 108 Å². The van der Waals surface area contributed by atoms with E-state index >= 15 is 4.39 Å². The first-order valence-electron chi connectivity index (χ1n) is 12.1. The van der Waals surface area contributed by atoms with Crippen molar-refractivity contribution in [2.45, 2.75) is 110 Å². The number of ether oxygens (including phenoxy) is 1. The maximum Gasteiger partial charge on any atom is 0.316 e. The first kappa shape index (κ1) is 23.2. The topological polar surface area (TPSA) is 52.3 Å². The summed E-state index contributed by atoms with van der Waals surface area (Å²) in [7, 11) is 0. The third-order valence-corrected chi connectivity index (χ3v) is 7.34. The van der Waals surface area contributed by atoms with Crippen molar-refractivity contribution in [2.24, 2.45) is 17.1 Å². The van der Waals surface area contributed by atoms with Gasteiger partial charge in [0.1, 0.15) is 11.6 Å². The molecule has 168 valence electrons. The molecule has 1 fully saturated rings. The Balaban J connectivity index is 1.72. The van der Waals surface area contributed by atoms with Gasteiger partial charge in [0, 0.05) is 12.1 Å². The van der Waals surface area contributed by atoms with Gasteiger partial charge in [-0.15, -0.1) is 0 Å². The minimum atomic E-state index is -0.569. The number of nitrogens with two attached hydrogens (primary N) is 1. The first-order valence-corrected chi connectivity index (χ1v) is 12.1. The molecule has 2 aliphatic rings. The van der Waals surface area contributed by atoms with Crippen LogP contribution >= 0.6 is 0 Å². The van der Waals surface area contributed by atoms with Crippen molar-refractivity contribution >= 4 is 5.97 Å². The van der Waals surface area contributed by atoms with Crippen LogP contribution in [0.2, 0.25) is 0 Å². The van der Waals surface area contributed by atoms with E-state index in [0.29, 0.717) is 18.1 Å². The van der Waals surface area contributed by atoms with Gasteiger partial charge in [-0.2, -0.15) is 0 Å². The standard InChI is InChI=1S/C26H40FNO2/c1-4-5-6-7-11-14-26(2,3)25(29)30-19-16-21-20-13-10-8-9-12-18(24(20)28)15-22(21)23(27)17-19/h16-18,20,24H,4-15,28H2,1-3H3/t18-,20?,24?/m0/s1. The molecule has 3 nitrogen and oxygen atoms in total. The van der Waals surface area contributed by atoms with Gasteiger partial charge in [0.25, 0.3) is 0 Å². The number of hydrogen-bond acceptors (Lipinski definition) is 3. The molecule has 4 heteroatoms. The van der Waals surface area contributed by atoms with Gasteiger partial charge < -0.3 is 10.5 Å². The molecule has 2 unspecified atom stereocenters. The monoisotopic (exact) mass is 417 g/mol. The first-order chi connectivity index (χ1) is 14.3. The Labute approximate surface area is 181 Å². The summed E-state index contributed by atoms with van der Waals surface area (Å²) in [4.78, 5) is 12.8. The predicted molar refractivity (Wildman–Crippen MR) is 120 cm³/mol. The van der Waals surface area contributed by atoms with Crippen molar-refractivity contribution in [3.63, 3.8) is 0 Å². The minimum absolute atomic E-state index is 0.0720. The van der Waals surface area contributed by atoms with E-state index in [1.165, 1.54) is 38.2 Å². The van der Waals surface area contributed by atoms with Crippen LogP contribution in [-0.4, -0.2) is 12.0 Å². The average molecular weight is 418 g/mol. The fourth-order valence-corrected chi connectivity index (χ4v) is 5.28. The number of benzene rings is 1. The highest BCUT2D eigenvalue weighted by atomic mass is 19.1. The van der Waals surface area contributed by atoms with E-state index in [1.807, 2.05) is 19.9 Å². The summed E-state index contributed by atoms with van der Waals surface area (Å²) < 4.78 is 20.7. The molecule has 0 spiro atoms. The zero-order valence-electron chi connectivity index (χ0n) is 19.1. The smallest absolute Gasteiger partial charge is 0.316 e. The molecule has 0 aromatic heterocycles. The minimum Gasteiger partial charge on any atom is -0.426 e. The molecule has 0 aliphatic heterocycles. The lowest BCUT2D eigenvalue weighted by Gasteiger charge is -2.39. The van der Waals surface area contributed by atoms with Gasteiger partial charge in [-0.3, -0.25) is 4.79 Å². The summed E-state index contributed by atoms with van der Waals surface area (Å²) in [5.41, 5.74) is 7.80. The Bertz CT molecular complexity index is 730. The Morgan fingerprint density at radius 3 is 2.63 bits per heavy atom. The quantitative estimate of drug-likeness (QED) is 0.292. The number of rotatable bonds is 8. The van der Waals surface area contributed by atoms with Crippen molar-refractivity contribution in [2.75, 3.05) is 0 Å². The van der Waals surface area contributed by atoms with Gasteiger partial charge >= 0.3 is 5.97 Å². The third-order valence-electron chi connectivity index (χ3n) is 7.34. The Kier molecular flexibility index (Phi) is 7.95. The van der Waals surface area contributed by atoms with E-state index in [2.05, 4.69) is 6.92 Å². The molecule has 2 aliphatic carbocycles. The van der Waals surface area contributed by atoms with Gasteiger partial charge in [0.2, 0.25) is 0 Å². The Hall–Kier alpha value is -1.42. The lowest BCUT2D eigenvalue weighted by Crippen LogP contribution is -2.42. The maximum absolute atomic E-state index is 15.0. The summed E-state index contributed by atoms with van der Waals surface area (Å²) in [6.07, 6.45) is 12.9. The highest BCUT2D eigenvalue weighted by Crippen LogP contribution is 2.43. The summed E-state index contributed by atoms with van der Waals surface area (Å²) in [6, 6.07) is 3.38. The van der Waals surface area contributed by atoms with Gasteiger partial charge in [-0.05, 0) is 68.6 Å². The summed E-state index contributed by atoms with van der Waals surface area (Å²) in [5.74, 6) is 0.349. The SMILES string of the molecule is CCCCCCCC(C)(C)C(=O)Oc1cc(F)c2c(c1)C1CCCCC[C@@H](C2)C1N. The van der Waals surface area contributed by atoms with E-state index in [0.717, 1.165) is 49.7 Å². The third kappa shape index (κ3) is 5.43. The molecule has 0 amide bonds. The molecule has 1 aromatic rings. The highest BCUT2D eigenvalue weighted by Gasteiger charge is 2.37. The van der Waals surface area contributed by atoms with E-state index in [-0.39, 0.29) is 23.7 Å². The van der Waals surface area contributed by atoms with Crippen molar-refractivity contribution < 1.29 is 13.9 Å². The summed E-state index contributed by atoms with van der Waals surface area (Å²) >= 11 is 0. The molecule has 0 saturated heterocycles. The van der Waals surface area contributed by atoms with Gasteiger partial charge in [-0.1, -0.05) is 58.3 Å². The largest absolute Gasteiger partial charge is 0.426 e. The van der Waals surface area contributed by atoms with Crippen LogP contribution in [0, 0.1) is 17.2 Å². The van der Waals surface area contributed by atoms with Crippen LogP contribution in [0.15, 0.2) is 12.1 Å². The van der Waals surface area contributed by atoms with Crippen molar-refractivity contribution in [3.05, 3.63) is 29.1 Å². The van der Waals surface area contributed by atoms with Gasteiger partial charge in [0.05, 0.1) is 5.41 Å². The molecule has 3 rings (SSSR count). The lowest BCUT2D eigenvalue weighted by molar-refractivity contribution is -0.144. The van der Waals surface area contributed by atoms with E-state index < -0.39 is 5.41 Å². The second-order valence-corrected chi connectivity index (χ2v) is 10.2. The molecular formula is C26H40FNO2. The molecule has 2 bridgehead atoms. The van der Waals surface area contributed by atoms with Crippen LogP contribution in [-0.2, 0) is 11.2 Å². The zero-order chi connectivity index (χ0) is 21.7. The molecule has 1 saturated carbocycles. The predicted octanol–water partition coefficient (Wildman–Crippen LogP) is 6.67. The maximum atomic E-state index is 15.0. The number of halogens is 1. The van der Waals surface area contributed by atoms with Crippen LogP contribution in [0.25, 0.3) is 0 Å². The number of hydrogen-bond donors (Lipinski definition) is 1. The molecule has 1 aromatic carbocycles. The molecule has 0 heterocycles. The average Bonchev–Trinajstić information content (AvgIpc) is 2.69. The van der Waals surface area contributed by atoms with Crippen LogP contribution < -0.4 is 10.5 Å². The number of carbonyl (C=O) groups excluding carboxylic acids is 1. The summed E-state index contributed by atoms with van der Waals surface area (Å²) in [5, 5.41) is 0. The zero-order valence-corrected chi connectivity index (χ0v) is 19.1. The lowest BCUT2D eigenvalue weighted by atomic mass is 9.68. The number of esters is 1.